The molecule has 0 N–H and O–H groups in total. The molecule has 0 heterocycles. The smallest absolute Gasteiger partial charge is 0.206 e. The molecule has 0 aliphatic rings. The van der Waals surface area contributed by atoms with Crippen LogP contribution in [0.3, 0.4) is 0 Å². The Morgan fingerprint density at radius 1 is 1.71 bits per heavy atom. The summed E-state index contributed by atoms with van der Waals surface area (Å²) in [5.74, 6) is -1.47. The maximum Gasteiger partial charge on any atom is 0.287 e. The van der Waals surface area contributed by atoms with E-state index in [0.717, 1.165) is 0 Å². The van der Waals surface area contributed by atoms with Crippen molar-refractivity contribution in [1.82, 2.24) is 0 Å². The fraction of sp³-hybridized carbons (Fsp3) is 0.333. The molecule has 0 bridgehead atoms. The first-order valence-corrected chi connectivity index (χ1v) is 1.44. The number of hydrogen-bond donors (Lipinski definition) is 0. The van der Waals surface area contributed by atoms with Crippen LogP contribution < -0.4 is 0 Å². The topological polar surface area (TPSA) is 9.23 Å². The van der Waals surface area contributed by atoms with Crippen LogP contribution in [0.1, 0.15) is 0 Å². The van der Waals surface area contributed by atoms with Gasteiger partial charge in [-0.05, 0) is 4.53 Å². The van der Waals surface area contributed by atoms with E-state index >= 15 is 0 Å². The van der Waals surface area contributed by atoms with Crippen LogP contribution in [0.15, 0.2) is 12.4 Å². The van der Waals surface area contributed by atoms with Gasteiger partial charge >= 0.3 is 0 Å². The molecule has 0 saturated heterocycles. The third-order valence-electron chi connectivity index (χ3n) is 0.324. The highest BCUT2D eigenvalue weighted by Gasteiger charge is 2.09. The van der Waals surface area contributed by atoms with Crippen molar-refractivity contribution in [2.24, 2.45) is 0 Å². The molecule has 0 saturated carbocycles. The highest BCUT2D eigenvalue weighted by Crippen LogP contribution is 2.05. The van der Waals surface area contributed by atoms with Gasteiger partial charge in [-0.15, -0.1) is 4.94 Å². The lowest BCUT2D eigenvalue weighted by Crippen LogP contribution is -1.97. The van der Waals surface area contributed by atoms with Crippen molar-refractivity contribution >= 4 is 0 Å². The van der Waals surface area contributed by atoms with Gasteiger partial charge in [0, 0.05) is 0 Å². The second kappa shape index (κ2) is 2.63. The zero-order valence-electron chi connectivity index (χ0n) is 3.33. The van der Waals surface area contributed by atoms with Crippen molar-refractivity contribution < 1.29 is 18.2 Å². The lowest BCUT2D eigenvalue weighted by Gasteiger charge is -1.92. The Hall–Kier alpha value is -0.510. The molecule has 0 aliphatic heterocycles. The first-order valence-electron chi connectivity index (χ1n) is 1.44. The lowest BCUT2D eigenvalue weighted by molar-refractivity contribution is -0.214. The quantitative estimate of drug-likeness (QED) is 0.527. The van der Waals surface area contributed by atoms with Crippen LogP contribution in [0.2, 0.25) is 0 Å². The molecule has 0 fully saturated rings. The van der Waals surface area contributed by atoms with Crippen molar-refractivity contribution in [3.63, 3.8) is 0 Å². The summed E-state index contributed by atoms with van der Waals surface area (Å²) in [6, 6.07) is 0. The van der Waals surface area contributed by atoms with Gasteiger partial charge in [-0.1, -0.05) is 6.58 Å². The van der Waals surface area contributed by atoms with Crippen molar-refractivity contribution in [3.8, 4) is 0 Å². The summed E-state index contributed by atoms with van der Waals surface area (Å²) >= 11 is 0. The van der Waals surface area contributed by atoms with Gasteiger partial charge in [0.1, 0.15) is 0 Å². The average molecular weight is 112 g/mol. The van der Waals surface area contributed by atoms with Gasteiger partial charge in [0.2, 0.25) is 0 Å². The predicted octanol–water partition coefficient (Wildman–Crippen LogP) is 1.67. The molecule has 0 amide bonds. The van der Waals surface area contributed by atoms with E-state index < -0.39 is 12.2 Å². The summed E-state index contributed by atoms with van der Waals surface area (Å²) in [6.45, 7) is 2.42. The van der Waals surface area contributed by atoms with Gasteiger partial charge in [-0.3, -0.25) is 0 Å². The van der Waals surface area contributed by atoms with Crippen molar-refractivity contribution in [3.05, 3.63) is 12.4 Å². The highest BCUT2D eigenvalue weighted by molar-refractivity contribution is 4.82. The van der Waals surface area contributed by atoms with E-state index in [1.54, 1.807) is 0 Å². The van der Waals surface area contributed by atoms with Crippen molar-refractivity contribution in [1.29, 1.82) is 0 Å². The summed E-state index contributed by atoms with van der Waals surface area (Å²) in [6.07, 6.45) is -2.63. The van der Waals surface area contributed by atoms with E-state index in [4.69, 9.17) is 0 Å². The molecule has 1 unspecified atom stereocenters. The van der Waals surface area contributed by atoms with Crippen LogP contribution in [-0.2, 0) is 4.94 Å². The number of alkyl halides is 1. The Kier molecular flexibility index (Phi) is 2.44. The van der Waals surface area contributed by atoms with Crippen LogP contribution in [0.4, 0.5) is 13.3 Å². The molecule has 42 valence electrons. The summed E-state index contributed by atoms with van der Waals surface area (Å²) in [7, 11) is 0. The maximum absolute atomic E-state index is 11.2. The molecule has 0 radical (unpaired) electrons. The third kappa shape index (κ3) is 2.22. The van der Waals surface area contributed by atoms with E-state index in [1.807, 2.05) is 0 Å². The van der Waals surface area contributed by atoms with Crippen molar-refractivity contribution in [2.75, 3.05) is 0 Å². The van der Waals surface area contributed by atoms with E-state index in [2.05, 4.69) is 11.5 Å². The molecule has 0 aromatic carbocycles. The molecule has 0 aromatic heterocycles. The predicted molar refractivity (Wildman–Crippen MR) is 17.3 cm³/mol. The molecule has 0 aliphatic carbocycles. The summed E-state index contributed by atoms with van der Waals surface area (Å²) < 4.78 is 32.8. The number of hydrogen-bond acceptors (Lipinski definition) is 1. The molecular formula is C3H3F3O. The van der Waals surface area contributed by atoms with E-state index in [0.29, 0.717) is 0 Å². The van der Waals surface area contributed by atoms with Gasteiger partial charge in [-0.2, -0.15) is 0 Å². The Morgan fingerprint density at radius 3 is 2.14 bits per heavy atom. The summed E-state index contributed by atoms with van der Waals surface area (Å²) in [5, 5.41) is 0. The molecule has 0 aromatic rings. The zero-order chi connectivity index (χ0) is 5.86. The normalized spacial score (nSPS) is 13.6. The lowest BCUT2D eigenvalue weighted by atomic mass is 10.6. The molecule has 7 heavy (non-hydrogen) atoms. The minimum atomic E-state index is -2.63. The molecule has 1 nitrogen and oxygen atoms in total. The van der Waals surface area contributed by atoms with Crippen molar-refractivity contribution in [2.45, 2.75) is 6.36 Å². The second-order valence-corrected chi connectivity index (χ2v) is 0.852. The second-order valence-electron chi connectivity index (χ2n) is 0.852. The molecule has 1 atom stereocenters. The Labute approximate surface area is 38.3 Å². The highest BCUT2D eigenvalue weighted by atomic mass is 19.3. The minimum absolute atomic E-state index is 1.47. The largest absolute Gasteiger partial charge is 0.287 e. The van der Waals surface area contributed by atoms with E-state index in [1.165, 1.54) is 0 Å². The molecule has 0 rings (SSSR count). The van der Waals surface area contributed by atoms with Gasteiger partial charge in [-0.25, -0.2) is 8.78 Å². The molecule has 4 heteroatoms. The molecular weight excluding hydrogens is 109 g/mol. The number of rotatable bonds is 2. The SMILES string of the molecule is C=C(F)C(F)OF. The van der Waals surface area contributed by atoms with Crippen LogP contribution in [0, 0.1) is 0 Å². The standard InChI is InChI=1S/C3H3F3O/c1-2(4)3(5)7-6/h3H,1H2. The minimum Gasteiger partial charge on any atom is -0.206 e. The van der Waals surface area contributed by atoms with Crippen LogP contribution in [-0.4, -0.2) is 6.36 Å². The Balaban J connectivity index is 3.34. The first-order chi connectivity index (χ1) is 3.18. The van der Waals surface area contributed by atoms with Gasteiger partial charge < -0.3 is 0 Å². The van der Waals surface area contributed by atoms with Gasteiger partial charge in [0.25, 0.3) is 6.36 Å². The maximum atomic E-state index is 11.2. The summed E-state index contributed by atoms with van der Waals surface area (Å²) in [4.78, 5) is 2.37. The van der Waals surface area contributed by atoms with Crippen LogP contribution >= 0.6 is 0 Å². The van der Waals surface area contributed by atoms with Gasteiger partial charge in [0.15, 0.2) is 5.83 Å². The number of halogens is 3. The Bertz CT molecular complexity index is 72.6. The third-order valence-corrected chi connectivity index (χ3v) is 0.324. The Morgan fingerprint density at radius 2 is 2.14 bits per heavy atom. The first kappa shape index (κ1) is 6.49. The summed E-state index contributed by atoms with van der Waals surface area (Å²) in [5.41, 5.74) is 0. The van der Waals surface area contributed by atoms with Crippen LogP contribution in [0.25, 0.3) is 0 Å². The zero-order valence-corrected chi connectivity index (χ0v) is 3.33. The fourth-order valence-electron chi connectivity index (χ4n) is 0.0483. The fourth-order valence-corrected chi connectivity index (χ4v) is 0.0483. The van der Waals surface area contributed by atoms with E-state index in [-0.39, 0.29) is 0 Å². The van der Waals surface area contributed by atoms with E-state index in [9.17, 15) is 13.3 Å². The monoisotopic (exact) mass is 112 g/mol. The van der Waals surface area contributed by atoms with Gasteiger partial charge in [0.05, 0.1) is 0 Å². The van der Waals surface area contributed by atoms with Crippen LogP contribution in [0.5, 0.6) is 0 Å². The average Bonchev–Trinajstić information content (AvgIpc) is 1.65. The molecule has 0 spiro atoms.